The molecule has 1 aliphatic carbocycles. The van der Waals surface area contributed by atoms with Gasteiger partial charge in [0, 0.05) is 5.92 Å². The minimum atomic E-state index is -0.338. The van der Waals surface area contributed by atoms with Crippen LogP contribution in [0.1, 0.15) is 42.0 Å². The Labute approximate surface area is 88.5 Å². The molecule has 2 rings (SSSR count). The molecule has 1 aliphatic rings. The lowest BCUT2D eigenvalue weighted by atomic mass is 9.96. The molecule has 15 heavy (non-hydrogen) atoms. The van der Waals surface area contributed by atoms with E-state index in [2.05, 4.69) is 5.18 Å². The number of nitroso groups, excluding NO2 is 1. The summed E-state index contributed by atoms with van der Waals surface area (Å²) in [5.41, 5.74) is 3.01. The lowest BCUT2D eigenvalue weighted by molar-refractivity contribution is -0.118. The molecule has 2 unspecified atom stereocenters. The van der Waals surface area contributed by atoms with Gasteiger partial charge in [-0.15, -0.1) is 0 Å². The highest BCUT2D eigenvalue weighted by molar-refractivity contribution is 5.85. The van der Waals surface area contributed by atoms with Crippen molar-refractivity contribution in [2.24, 2.45) is 5.18 Å². The number of benzene rings is 1. The summed E-state index contributed by atoms with van der Waals surface area (Å²) in [5.74, 6) is -0.0180. The monoisotopic (exact) mass is 203 g/mol. The summed E-state index contributed by atoms with van der Waals surface area (Å²) >= 11 is 0. The Balaban J connectivity index is 2.56. The molecule has 2 atom stereocenters. The Hall–Kier alpha value is -1.51. The minimum Gasteiger partial charge on any atom is -0.299 e. The smallest absolute Gasteiger partial charge is 0.137 e. The number of hydrogen-bond acceptors (Lipinski definition) is 3. The first-order valence-electron chi connectivity index (χ1n) is 5.07. The summed E-state index contributed by atoms with van der Waals surface area (Å²) in [6, 6.07) is 5.48. The maximum absolute atomic E-state index is 11.4. The highest BCUT2D eigenvalue weighted by atomic mass is 16.3. The molecule has 0 bridgehead atoms. The number of fused-ring (bicyclic) bond motifs is 1. The molecule has 0 fully saturated rings. The van der Waals surface area contributed by atoms with Gasteiger partial charge in [-0.25, -0.2) is 0 Å². The fraction of sp³-hybridized carbons (Fsp3) is 0.417. The molecule has 3 nitrogen and oxygen atoms in total. The molecule has 0 N–H and O–H groups in total. The van der Waals surface area contributed by atoms with E-state index in [1.54, 1.807) is 6.92 Å². The van der Waals surface area contributed by atoms with Gasteiger partial charge in [-0.2, -0.15) is 4.91 Å². The molecule has 0 heterocycles. The first kappa shape index (κ1) is 10.0. The molecule has 0 radical (unpaired) electrons. The van der Waals surface area contributed by atoms with Crippen molar-refractivity contribution in [3.05, 3.63) is 39.8 Å². The van der Waals surface area contributed by atoms with Gasteiger partial charge in [0.1, 0.15) is 11.8 Å². The van der Waals surface area contributed by atoms with Crippen molar-refractivity contribution in [3.8, 4) is 0 Å². The fourth-order valence-electron chi connectivity index (χ4n) is 2.41. The highest BCUT2D eigenvalue weighted by Crippen LogP contribution is 2.44. The van der Waals surface area contributed by atoms with Crippen LogP contribution in [0, 0.1) is 11.8 Å². The predicted octanol–water partition coefficient (Wildman–Crippen LogP) is 2.88. The molecule has 0 spiro atoms. The number of hydrogen-bond donors (Lipinski definition) is 0. The van der Waals surface area contributed by atoms with Crippen molar-refractivity contribution in [1.82, 2.24) is 0 Å². The average Bonchev–Trinajstić information content (AvgIpc) is 2.58. The van der Waals surface area contributed by atoms with E-state index in [1.165, 1.54) is 0 Å². The summed E-state index contributed by atoms with van der Waals surface area (Å²) in [6.45, 7) is 3.53. The number of Topliss-reactive ketones (excluding diaryl/α,β-unsaturated/α-hetero) is 1. The van der Waals surface area contributed by atoms with Gasteiger partial charge >= 0.3 is 0 Å². The molecular formula is C12H13NO2. The van der Waals surface area contributed by atoms with Crippen molar-refractivity contribution in [2.75, 3.05) is 0 Å². The van der Waals surface area contributed by atoms with E-state index in [4.69, 9.17) is 0 Å². The molecule has 0 saturated heterocycles. The second-order valence-electron chi connectivity index (χ2n) is 4.10. The fourth-order valence-corrected chi connectivity index (χ4v) is 2.41. The van der Waals surface area contributed by atoms with Gasteiger partial charge in [0.05, 0.1) is 0 Å². The topological polar surface area (TPSA) is 46.5 Å². The van der Waals surface area contributed by atoms with Crippen molar-refractivity contribution in [1.29, 1.82) is 0 Å². The molecular weight excluding hydrogens is 190 g/mol. The first-order chi connectivity index (χ1) is 7.15. The van der Waals surface area contributed by atoms with Crippen LogP contribution in [0.25, 0.3) is 0 Å². The van der Waals surface area contributed by atoms with Gasteiger partial charge in [-0.1, -0.05) is 23.4 Å². The van der Waals surface area contributed by atoms with E-state index in [0.29, 0.717) is 6.42 Å². The average molecular weight is 203 g/mol. The summed E-state index contributed by atoms with van der Waals surface area (Å²) in [6.07, 6.45) is 0.541. The quantitative estimate of drug-likeness (QED) is 0.694. The van der Waals surface area contributed by atoms with Gasteiger partial charge < -0.3 is 0 Å². The largest absolute Gasteiger partial charge is 0.299 e. The Bertz CT molecular complexity index is 426. The number of rotatable bonds is 2. The van der Waals surface area contributed by atoms with Gasteiger partial charge in [-0.05, 0) is 37.0 Å². The molecule has 0 saturated carbocycles. The zero-order chi connectivity index (χ0) is 11.0. The second-order valence-corrected chi connectivity index (χ2v) is 4.10. The van der Waals surface area contributed by atoms with E-state index >= 15 is 0 Å². The summed E-state index contributed by atoms with van der Waals surface area (Å²) in [5, 5.41) is 3.12. The van der Waals surface area contributed by atoms with Crippen LogP contribution in [-0.2, 0) is 4.79 Å². The molecule has 0 amide bonds. The van der Waals surface area contributed by atoms with Crippen LogP contribution < -0.4 is 0 Å². The van der Waals surface area contributed by atoms with Crippen molar-refractivity contribution < 1.29 is 4.79 Å². The van der Waals surface area contributed by atoms with E-state index in [1.807, 2.05) is 25.1 Å². The van der Waals surface area contributed by atoms with Crippen LogP contribution in [0.2, 0.25) is 0 Å². The van der Waals surface area contributed by atoms with Crippen LogP contribution >= 0.6 is 0 Å². The van der Waals surface area contributed by atoms with E-state index in [-0.39, 0.29) is 17.7 Å². The standard InChI is InChI=1S/C12H13NO2/c1-7-4-3-5-9-10(8(2)14)6-11(13-15)12(7)9/h3-5,10-11H,6H2,1-2H3. The summed E-state index contributed by atoms with van der Waals surface area (Å²) in [7, 11) is 0. The number of nitrogens with zero attached hydrogens (tertiary/aromatic N) is 1. The third kappa shape index (κ3) is 1.48. The minimum absolute atomic E-state index is 0.119. The van der Waals surface area contributed by atoms with Crippen LogP contribution in [0.5, 0.6) is 0 Å². The van der Waals surface area contributed by atoms with E-state index < -0.39 is 0 Å². The van der Waals surface area contributed by atoms with Crippen LogP contribution in [0.15, 0.2) is 23.4 Å². The number of aryl methyl sites for hydroxylation is 1. The molecule has 0 aliphatic heterocycles. The Morgan fingerprint density at radius 2 is 2.20 bits per heavy atom. The second kappa shape index (κ2) is 3.57. The van der Waals surface area contributed by atoms with Crippen molar-refractivity contribution in [2.45, 2.75) is 32.2 Å². The SMILES string of the molecule is CC(=O)C1CC(N=O)c2c(C)cccc21. The number of carbonyl (C=O) groups excluding carboxylic acids is 1. The van der Waals surface area contributed by atoms with Gasteiger partial charge in [0.15, 0.2) is 0 Å². The van der Waals surface area contributed by atoms with Crippen LogP contribution in [-0.4, -0.2) is 5.78 Å². The predicted molar refractivity (Wildman–Crippen MR) is 57.8 cm³/mol. The number of ketones is 1. The Morgan fingerprint density at radius 1 is 1.47 bits per heavy atom. The first-order valence-corrected chi connectivity index (χ1v) is 5.07. The lowest BCUT2D eigenvalue weighted by Gasteiger charge is -2.07. The Morgan fingerprint density at radius 3 is 2.80 bits per heavy atom. The molecule has 0 aromatic heterocycles. The van der Waals surface area contributed by atoms with Gasteiger partial charge in [0.2, 0.25) is 0 Å². The van der Waals surface area contributed by atoms with Crippen LogP contribution in [0.4, 0.5) is 0 Å². The third-order valence-electron chi connectivity index (χ3n) is 3.14. The van der Waals surface area contributed by atoms with Gasteiger partial charge in [0.25, 0.3) is 0 Å². The molecule has 78 valence electrons. The summed E-state index contributed by atoms with van der Waals surface area (Å²) in [4.78, 5) is 22.2. The Kier molecular flexibility index (Phi) is 2.39. The molecule has 1 aromatic carbocycles. The normalized spacial score (nSPS) is 23.6. The lowest BCUT2D eigenvalue weighted by Crippen LogP contribution is -2.04. The third-order valence-corrected chi connectivity index (χ3v) is 3.14. The van der Waals surface area contributed by atoms with Crippen molar-refractivity contribution >= 4 is 5.78 Å². The van der Waals surface area contributed by atoms with Gasteiger partial charge in [-0.3, -0.25) is 4.79 Å². The molecule has 1 aromatic rings. The highest BCUT2D eigenvalue weighted by Gasteiger charge is 2.35. The van der Waals surface area contributed by atoms with E-state index in [0.717, 1.165) is 16.7 Å². The number of carbonyl (C=O) groups is 1. The zero-order valence-electron chi connectivity index (χ0n) is 8.86. The van der Waals surface area contributed by atoms with Crippen LogP contribution in [0.3, 0.4) is 0 Å². The van der Waals surface area contributed by atoms with Crippen molar-refractivity contribution in [3.63, 3.8) is 0 Å². The zero-order valence-corrected chi connectivity index (χ0v) is 8.86. The van der Waals surface area contributed by atoms with E-state index in [9.17, 15) is 9.70 Å². The summed E-state index contributed by atoms with van der Waals surface area (Å²) < 4.78 is 0. The molecule has 3 heteroatoms. The maximum Gasteiger partial charge on any atom is 0.137 e. The maximum atomic E-state index is 11.4.